The fraction of sp³-hybridized carbons (Fsp3) is 0.370. The Morgan fingerprint density at radius 3 is 1.20 bits per heavy atom. The van der Waals surface area contributed by atoms with Crippen molar-refractivity contribution < 1.29 is 33.3 Å². The number of esters is 2. The molecule has 0 bridgehead atoms. The zero-order valence-electron chi connectivity index (χ0n) is 37.7. The Labute approximate surface area is 392 Å². The van der Waals surface area contributed by atoms with E-state index >= 15 is 0 Å². The Morgan fingerprint density at radius 2 is 0.846 bits per heavy atom. The van der Waals surface area contributed by atoms with Gasteiger partial charge in [0.1, 0.15) is 13.2 Å². The van der Waals surface area contributed by atoms with Crippen molar-refractivity contribution in [3.05, 3.63) is 165 Å². The van der Waals surface area contributed by atoms with Crippen molar-refractivity contribution in [2.75, 3.05) is 52.9 Å². The van der Waals surface area contributed by atoms with Gasteiger partial charge in [0.15, 0.2) is 0 Å². The molecule has 0 saturated carbocycles. The number of carbonyl (C=O) groups excluding carboxylic acids is 2. The first kappa shape index (κ1) is 46.4. The van der Waals surface area contributed by atoms with E-state index in [2.05, 4.69) is 97.5 Å². The van der Waals surface area contributed by atoms with Crippen LogP contribution in [-0.2, 0) is 59.0 Å². The number of carbonyl (C=O) groups is 2. The van der Waals surface area contributed by atoms with Crippen LogP contribution in [0.2, 0.25) is 10.0 Å². The minimum absolute atomic E-state index is 0.0363. The summed E-state index contributed by atoms with van der Waals surface area (Å²) in [6, 6.07) is 41.1. The quantitative estimate of drug-likeness (QED) is 0.0556. The van der Waals surface area contributed by atoms with E-state index in [4.69, 9.17) is 46.9 Å². The molecule has 340 valence electrons. The van der Waals surface area contributed by atoms with Crippen LogP contribution in [0.3, 0.4) is 0 Å². The maximum absolute atomic E-state index is 13.4. The average molecular weight is 918 g/mol. The molecule has 0 spiro atoms. The molecule has 0 aliphatic carbocycles. The molecular formula is C54H58Cl2N2O7. The molecule has 4 aromatic carbocycles. The summed E-state index contributed by atoms with van der Waals surface area (Å²) in [5, 5.41) is 1.33. The molecule has 11 heteroatoms. The normalized spacial score (nSPS) is 16.9. The molecule has 0 N–H and O–H groups in total. The van der Waals surface area contributed by atoms with Crippen LogP contribution in [-0.4, -0.2) is 73.9 Å². The number of hydrogen-bond acceptors (Lipinski definition) is 7. The minimum atomic E-state index is -0.308. The first-order valence-electron chi connectivity index (χ1n) is 22.5. The Hall–Kier alpha value is -5.16. The van der Waals surface area contributed by atoms with Gasteiger partial charge < -0.3 is 32.8 Å². The molecule has 8 rings (SSSR count). The first-order chi connectivity index (χ1) is 31.4. The molecule has 0 saturated heterocycles. The number of ether oxygens (including phenoxy) is 5. The lowest BCUT2D eigenvalue weighted by Gasteiger charge is -2.30. The lowest BCUT2D eigenvalue weighted by Crippen LogP contribution is -2.25. The second-order valence-electron chi connectivity index (χ2n) is 18.3. The van der Waals surface area contributed by atoms with Crippen LogP contribution in [0.25, 0.3) is 22.3 Å². The highest BCUT2D eigenvalue weighted by atomic mass is 35.5. The zero-order valence-corrected chi connectivity index (χ0v) is 39.2. The Kier molecular flexibility index (Phi) is 14.7. The molecule has 0 amide bonds. The molecule has 9 nitrogen and oxygen atoms in total. The molecule has 2 atom stereocenters. The average Bonchev–Trinajstić information content (AvgIpc) is 3.96. The van der Waals surface area contributed by atoms with E-state index in [-0.39, 0.29) is 74.1 Å². The largest absolute Gasteiger partial charge is 0.463 e. The summed E-state index contributed by atoms with van der Waals surface area (Å²) in [6.45, 7) is 11.3. The Balaban J connectivity index is 0.751. The summed E-state index contributed by atoms with van der Waals surface area (Å²) < 4.78 is 33.1. The van der Waals surface area contributed by atoms with Crippen LogP contribution in [0.1, 0.15) is 73.7 Å². The predicted octanol–water partition coefficient (Wildman–Crippen LogP) is 11.2. The van der Waals surface area contributed by atoms with Crippen LogP contribution >= 0.6 is 23.2 Å². The summed E-state index contributed by atoms with van der Waals surface area (Å²) in [7, 11) is 0. The monoisotopic (exact) mass is 916 g/mol. The highest BCUT2D eigenvalue weighted by molar-refractivity contribution is 6.31. The van der Waals surface area contributed by atoms with Crippen LogP contribution in [0.5, 0.6) is 0 Å². The summed E-state index contributed by atoms with van der Waals surface area (Å²) in [6.07, 6.45) is 2.04. The summed E-state index contributed by atoms with van der Waals surface area (Å²) in [5.74, 6) is -0.616. The first-order valence-corrected chi connectivity index (χ1v) is 23.3. The third-order valence-electron chi connectivity index (χ3n) is 12.6. The van der Waals surface area contributed by atoms with Crippen molar-refractivity contribution in [1.82, 2.24) is 9.13 Å². The van der Waals surface area contributed by atoms with Crippen molar-refractivity contribution in [1.29, 1.82) is 0 Å². The fourth-order valence-electron chi connectivity index (χ4n) is 9.92. The van der Waals surface area contributed by atoms with E-state index < -0.39 is 0 Å². The highest BCUT2D eigenvalue weighted by Crippen LogP contribution is 2.51. The van der Waals surface area contributed by atoms with Crippen LogP contribution in [0, 0.1) is 10.8 Å². The molecule has 0 radical (unpaired) electrons. The van der Waals surface area contributed by atoms with Crippen molar-refractivity contribution >= 4 is 35.1 Å². The summed E-state index contributed by atoms with van der Waals surface area (Å²) in [5.41, 5.74) is 10.7. The molecule has 4 heterocycles. The molecule has 0 fully saturated rings. The van der Waals surface area contributed by atoms with Gasteiger partial charge in [0.05, 0.1) is 64.6 Å². The molecule has 2 aromatic heterocycles. The van der Waals surface area contributed by atoms with Gasteiger partial charge in [-0.25, -0.2) is 0 Å². The number of hydrogen-bond donors (Lipinski definition) is 0. The fourth-order valence-corrected chi connectivity index (χ4v) is 10.2. The van der Waals surface area contributed by atoms with Gasteiger partial charge in [-0.1, -0.05) is 136 Å². The number of rotatable bonds is 20. The maximum Gasteiger partial charge on any atom is 0.311 e. The third kappa shape index (κ3) is 10.8. The van der Waals surface area contributed by atoms with E-state index in [1.54, 1.807) is 0 Å². The van der Waals surface area contributed by atoms with E-state index in [1.807, 2.05) is 60.7 Å². The minimum Gasteiger partial charge on any atom is -0.463 e. The number of benzene rings is 4. The van der Waals surface area contributed by atoms with Gasteiger partial charge >= 0.3 is 11.9 Å². The van der Waals surface area contributed by atoms with Crippen molar-refractivity contribution in [2.24, 2.45) is 10.8 Å². The molecule has 6 aromatic rings. The standard InChI is InChI=1S/C54H58Cl2N2O7/c1-53(2)35-43-31-45(37-15-19-41(55)20-16-37)47(57(43)51(53)39-11-7-5-8-12-39)33-49(59)64-29-27-62-25-23-61-24-26-63-28-30-65-50(60)34-48-46(38-17-21-42(56)22-18-38)32-44-36-54(3,4)52(58(44)48)40-13-9-6-10-14-40/h5-22,31-32,51-52H,23-30,33-36H2,1-4H3. The smallest absolute Gasteiger partial charge is 0.311 e. The van der Waals surface area contributed by atoms with Gasteiger partial charge in [-0.05, 0) is 82.3 Å². The topological polar surface area (TPSA) is 90.2 Å². The van der Waals surface area contributed by atoms with Crippen molar-refractivity contribution in [3.63, 3.8) is 0 Å². The van der Waals surface area contributed by atoms with Crippen molar-refractivity contribution in [3.8, 4) is 22.3 Å². The van der Waals surface area contributed by atoms with Crippen LogP contribution in [0.4, 0.5) is 0 Å². The van der Waals surface area contributed by atoms with E-state index in [1.165, 1.54) is 22.5 Å². The lowest BCUT2D eigenvalue weighted by atomic mass is 9.79. The maximum atomic E-state index is 13.4. The zero-order chi connectivity index (χ0) is 45.6. The lowest BCUT2D eigenvalue weighted by molar-refractivity contribution is -0.145. The molecule has 2 unspecified atom stereocenters. The second-order valence-corrected chi connectivity index (χ2v) is 19.2. The number of halogens is 2. The van der Waals surface area contributed by atoms with Crippen molar-refractivity contribution in [2.45, 2.75) is 65.5 Å². The molecule has 65 heavy (non-hydrogen) atoms. The Bertz CT molecular complexity index is 2370. The highest BCUT2D eigenvalue weighted by Gasteiger charge is 2.44. The van der Waals surface area contributed by atoms with Gasteiger partial charge in [-0.3, -0.25) is 9.59 Å². The number of fused-ring (bicyclic) bond motifs is 2. The molecule has 2 aliphatic rings. The van der Waals surface area contributed by atoms with Gasteiger partial charge in [-0.15, -0.1) is 0 Å². The number of nitrogens with zero attached hydrogens (tertiary/aromatic N) is 2. The van der Waals surface area contributed by atoms with Crippen LogP contribution < -0.4 is 0 Å². The molecule has 2 aliphatic heterocycles. The summed E-state index contributed by atoms with van der Waals surface area (Å²) in [4.78, 5) is 26.7. The third-order valence-corrected chi connectivity index (χ3v) is 13.1. The van der Waals surface area contributed by atoms with E-state index in [0.29, 0.717) is 36.5 Å². The second kappa shape index (κ2) is 20.6. The summed E-state index contributed by atoms with van der Waals surface area (Å²) >= 11 is 12.5. The predicted molar refractivity (Wildman–Crippen MR) is 256 cm³/mol. The van der Waals surface area contributed by atoms with E-state index in [0.717, 1.165) is 46.5 Å². The van der Waals surface area contributed by atoms with Gasteiger partial charge in [0, 0.05) is 43.9 Å². The molecular weight excluding hydrogens is 860 g/mol. The Morgan fingerprint density at radius 1 is 0.508 bits per heavy atom. The van der Waals surface area contributed by atoms with E-state index in [9.17, 15) is 9.59 Å². The number of aromatic nitrogens is 2. The van der Waals surface area contributed by atoms with Gasteiger partial charge in [-0.2, -0.15) is 0 Å². The SMILES string of the molecule is CC1(C)Cc2cc(-c3ccc(Cl)cc3)c(CC(=O)OCCOCCOCCOCCOC(=O)Cc3c(-c4ccc(Cl)cc4)cc4n3C(c3ccccc3)C(C)(C)C4)n2C1c1ccccc1. The van der Waals surface area contributed by atoms with Crippen LogP contribution in [0.15, 0.2) is 121 Å². The van der Waals surface area contributed by atoms with Gasteiger partial charge in [0.2, 0.25) is 0 Å². The van der Waals surface area contributed by atoms with Gasteiger partial charge in [0.25, 0.3) is 0 Å².